The number of hydrogen-bond donors (Lipinski definition) is 1. The molecular weight excluding hydrogens is 901 g/mol. The molecule has 6 nitrogen and oxygen atoms in total. The van der Waals surface area contributed by atoms with E-state index in [0.29, 0.717) is 0 Å². The fourth-order valence-corrected chi connectivity index (χ4v) is 10.9. The van der Waals surface area contributed by atoms with Crippen LogP contribution in [0.25, 0.3) is 111 Å². The van der Waals surface area contributed by atoms with Crippen molar-refractivity contribution in [1.82, 2.24) is 29.4 Å². The number of dihydropyridines is 1. The van der Waals surface area contributed by atoms with Gasteiger partial charge in [-0.3, -0.25) is 9.13 Å². The molecule has 0 saturated carbocycles. The Labute approximate surface area is 428 Å². The number of fused-ring (bicyclic) bond motifs is 6. The predicted molar refractivity (Wildman–Crippen MR) is 305 cm³/mol. The number of pyridine rings is 3. The minimum atomic E-state index is -0.340. The summed E-state index contributed by atoms with van der Waals surface area (Å²) in [5, 5.41) is 8.75. The minimum absolute atomic E-state index is 0.340. The molecule has 1 aliphatic heterocycles. The van der Waals surface area contributed by atoms with Gasteiger partial charge in [0, 0.05) is 21.5 Å². The summed E-state index contributed by atoms with van der Waals surface area (Å²) in [5.74, 6) is 1.67. The largest absolute Gasteiger partial charge is 0.371 e. The van der Waals surface area contributed by atoms with E-state index in [1.54, 1.807) is 0 Å². The molecule has 6 heteroatoms. The van der Waals surface area contributed by atoms with Crippen molar-refractivity contribution in [3.05, 3.63) is 284 Å². The molecule has 1 atom stereocenters. The van der Waals surface area contributed by atoms with E-state index in [1.165, 1.54) is 21.5 Å². The lowest BCUT2D eigenvalue weighted by molar-refractivity contribution is 0.733. The number of hydrogen-bond acceptors (Lipinski definition) is 4. The highest BCUT2D eigenvalue weighted by Gasteiger charge is 2.25. The van der Waals surface area contributed by atoms with Crippen molar-refractivity contribution in [2.24, 2.45) is 0 Å². The maximum atomic E-state index is 5.63. The van der Waals surface area contributed by atoms with E-state index in [2.05, 4.69) is 281 Å². The van der Waals surface area contributed by atoms with Gasteiger partial charge in [0.05, 0.1) is 56.6 Å². The third kappa shape index (κ3) is 7.65. The van der Waals surface area contributed by atoms with Crippen molar-refractivity contribution in [2.45, 2.75) is 6.04 Å². The molecule has 8 aromatic carbocycles. The Bertz CT molecular complexity index is 4220. The summed E-state index contributed by atoms with van der Waals surface area (Å²) in [5.41, 5.74) is 17.1. The third-order valence-electron chi connectivity index (χ3n) is 14.3. The van der Waals surface area contributed by atoms with E-state index in [-0.39, 0.29) is 6.04 Å². The molecule has 1 N–H and O–H groups in total. The van der Waals surface area contributed by atoms with E-state index >= 15 is 0 Å². The summed E-state index contributed by atoms with van der Waals surface area (Å²) < 4.78 is 4.60. The molecule has 14 rings (SSSR count). The zero-order valence-electron chi connectivity index (χ0n) is 40.2. The standard InChI is InChI=1S/C68H46N6/c1-5-21-45(22-6-1)49-37-57(69-59(39-49)61-41-51(47-25-9-3-10-26-47)43-67(71-61)73-63-33-17-13-29-53(63)54-30-14-18-34-64(54)73)58-38-50(46-23-7-2-8-24-46)40-60(70-58)62-42-52(48-27-11-4-12-28-48)44-68(72-62)74-65-35-19-15-31-55(65)56-32-16-20-36-66(56)74/h1-44,59,69H. The summed E-state index contributed by atoms with van der Waals surface area (Å²) in [6.45, 7) is 0. The molecule has 0 radical (unpaired) electrons. The van der Waals surface area contributed by atoms with Crippen LogP contribution in [0, 0.1) is 0 Å². The van der Waals surface area contributed by atoms with Gasteiger partial charge in [0.1, 0.15) is 11.6 Å². The molecule has 0 bridgehead atoms. The Morgan fingerprint density at radius 2 is 0.676 bits per heavy atom. The Kier molecular flexibility index (Phi) is 10.5. The monoisotopic (exact) mass is 946 g/mol. The number of benzene rings is 8. The van der Waals surface area contributed by atoms with E-state index in [9.17, 15) is 0 Å². The number of para-hydroxylation sites is 4. The highest BCUT2D eigenvalue weighted by Crippen LogP contribution is 2.39. The average molecular weight is 947 g/mol. The quantitative estimate of drug-likeness (QED) is 0.157. The summed E-state index contributed by atoms with van der Waals surface area (Å²) in [6.07, 6.45) is 4.54. The Morgan fingerprint density at radius 1 is 0.311 bits per heavy atom. The first-order chi connectivity index (χ1) is 36.7. The van der Waals surface area contributed by atoms with Crippen LogP contribution in [0.4, 0.5) is 0 Å². The highest BCUT2D eigenvalue weighted by atomic mass is 15.1. The van der Waals surface area contributed by atoms with Crippen LogP contribution < -0.4 is 5.32 Å². The molecule has 13 aromatic rings. The molecule has 1 aliphatic rings. The van der Waals surface area contributed by atoms with Crippen LogP contribution in [-0.4, -0.2) is 24.1 Å². The van der Waals surface area contributed by atoms with Gasteiger partial charge in [-0.05, 0) is 117 Å². The lowest BCUT2D eigenvalue weighted by atomic mass is 9.94. The fraction of sp³-hybridized carbons (Fsp3) is 0.0147. The molecular formula is C68H46N6. The second-order valence-electron chi connectivity index (χ2n) is 18.9. The molecule has 0 aliphatic carbocycles. The maximum Gasteiger partial charge on any atom is 0.138 e. The van der Waals surface area contributed by atoms with Crippen molar-refractivity contribution in [2.75, 3.05) is 0 Å². The van der Waals surface area contributed by atoms with Gasteiger partial charge in [0.2, 0.25) is 0 Å². The van der Waals surface area contributed by atoms with Crippen molar-refractivity contribution in [3.63, 3.8) is 0 Å². The zero-order chi connectivity index (χ0) is 49.0. The van der Waals surface area contributed by atoms with Crippen molar-refractivity contribution >= 4 is 54.9 Å². The van der Waals surface area contributed by atoms with Crippen LogP contribution in [0.1, 0.15) is 23.0 Å². The third-order valence-corrected chi connectivity index (χ3v) is 14.3. The average Bonchev–Trinajstić information content (AvgIpc) is 4.01. The smallest absolute Gasteiger partial charge is 0.138 e. The second-order valence-corrected chi connectivity index (χ2v) is 18.9. The van der Waals surface area contributed by atoms with Gasteiger partial charge < -0.3 is 5.32 Å². The first kappa shape index (κ1) is 42.9. The number of allylic oxidation sites excluding steroid dienone is 2. The normalized spacial score (nSPS) is 13.5. The highest BCUT2D eigenvalue weighted by molar-refractivity contribution is 6.10. The second kappa shape index (κ2) is 18.0. The number of nitrogens with zero attached hydrogens (tertiary/aromatic N) is 5. The summed E-state index contributed by atoms with van der Waals surface area (Å²) in [6, 6.07) is 89.7. The van der Waals surface area contributed by atoms with Crippen molar-refractivity contribution in [1.29, 1.82) is 0 Å². The SMILES string of the molecule is C1=C(c2ccccc2)C=C(c2cc(-c3ccccc3)cc(-c3cc(-c4ccccc4)cc(-n4c5ccccc5c5ccccc54)n3)n2)NC1c1cc(-c2ccccc2)cc(-n2c3ccccc3c3ccccc32)n1. The molecule has 0 saturated heterocycles. The molecule has 0 spiro atoms. The van der Waals surface area contributed by atoms with Gasteiger partial charge in [-0.15, -0.1) is 0 Å². The molecule has 348 valence electrons. The van der Waals surface area contributed by atoms with Gasteiger partial charge in [0.15, 0.2) is 0 Å². The fourth-order valence-electron chi connectivity index (χ4n) is 10.9. The molecule has 74 heavy (non-hydrogen) atoms. The van der Waals surface area contributed by atoms with Crippen LogP contribution in [0.5, 0.6) is 0 Å². The van der Waals surface area contributed by atoms with Gasteiger partial charge in [-0.25, -0.2) is 15.0 Å². The van der Waals surface area contributed by atoms with Gasteiger partial charge in [0.25, 0.3) is 0 Å². The molecule has 1 unspecified atom stereocenters. The predicted octanol–water partition coefficient (Wildman–Crippen LogP) is 16.5. The Balaban J connectivity index is 0.970. The maximum absolute atomic E-state index is 5.63. The van der Waals surface area contributed by atoms with Gasteiger partial charge in [-0.1, -0.05) is 194 Å². The zero-order valence-corrected chi connectivity index (χ0v) is 40.2. The lowest BCUT2D eigenvalue weighted by Crippen LogP contribution is -2.24. The van der Waals surface area contributed by atoms with Crippen LogP contribution >= 0.6 is 0 Å². The number of rotatable bonds is 9. The first-order valence-corrected chi connectivity index (χ1v) is 25.1. The summed E-state index contributed by atoms with van der Waals surface area (Å²) >= 11 is 0. The molecule has 0 amide bonds. The van der Waals surface area contributed by atoms with Gasteiger partial charge >= 0.3 is 0 Å². The van der Waals surface area contributed by atoms with Gasteiger partial charge in [-0.2, -0.15) is 0 Å². The molecule has 0 fully saturated rings. The van der Waals surface area contributed by atoms with Crippen LogP contribution in [0.3, 0.4) is 0 Å². The Morgan fingerprint density at radius 3 is 1.15 bits per heavy atom. The van der Waals surface area contributed by atoms with E-state index in [1.807, 2.05) is 0 Å². The minimum Gasteiger partial charge on any atom is -0.371 e. The van der Waals surface area contributed by atoms with Crippen molar-refractivity contribution < 1.29 is 0 Å². The number of aromatic nitrogens is 5. The van der Waals surface area contributed by atoms with Crippen LogP contribution in [0.15, 0.2) is 267 Å². The van der Waals surface area contributed by atoms with Crippen LogP contribution in [0.2, 0.25) is 0 Å². The molecule has 5 aromatic heterocycles. The topological polar surface area (TPSA) is 60.6 Å². The summed E-state index contributed by atoms with van der Waals surface area (Å²) in [4.78, 5) is 16.8. The first-order valence-electron chi connectivity index (χ1n) is 25.1. The Hall–Kier alpha value is -9.91. The van der Waals surface area contributed by atoms with Crippen molar-refractivity contribution in [3.8, 4) is 56.4 Å². The number of nitrogens with one attached hydrogen (secondary N) is 1. The van der Waals surface area contributed by atoms with E-state index in [4.69, 9.17) is 15.0 Å². The van der Waals surface area contributed by atoms with Crippen LogP contribution in [-0.2, 0) is 0 Å². The summed E-state index contributed by atoms with van der Waals surface area (Å²) in [7, 11) is 0. The molecule has 6 heterocycles. The van der Waals surface area contributed by atoms with E-state index < -0.39 is 0 Å². The van der Waals surface area contributed by atoms with E-state index in [0.717, 1.165) is 107 Å². The lowest BCUT2D eigenvalue weighted by Gasteiger charge is -2.26.